The van der Waals surface area contributed by atoms with Crippen molar-refractivity contribution >= 4 is 50.5 Å². The Morgan fingerprint density at radius 1 is 0.745 bits per heavy atom. The Bertz CT molecular complexity index is 1880. The minimum atomic E-state index is -0.961. The van der Waals surface area contributed by atoms with Gasteiger partial charge in [-0.3, -0.25) is 9.59 Å². The predicted molar refractivity (Wildman–Crippen MR) is 201 cm³/mol. The first-order chi connectivity index (χ1) is 23.7. The number of pyridine rings is 2. The summed E-state index contributed by atoms with van der Waals surface area (Å²) in [5, 5.41) is 23.8. The molecule has 4 N–H and O–H groups in total. The molecule has 12 nitrogen and oxygen atoms in total. The number of nitrogens with zero attached hydrogens (tertiary/aromatic N) is 2. The first kappa shape index (κ1) is 39.6. The number of aliphatic carboxylic acids is 2. The van der Waals surface area contributed by atoms with Gasteiger partial charge in [-0.05, 0) is 71.2 Å². The van der Waals surface area contributed by atoms with E-state index < -0.39 is 11.9 Å². The molecule has 0 aliphatic heterocycles. The highest BCUT2D eigenvalue weighted by Gasteiger charge is 2.31. The second-order valence-electron chi connectivity index (χ2n) is 11.8. The van der Waals surface area contributed by atoms with Gasteiger partial charge in [0, 0.05) is 30.3 Å². The molecule has 0 bridgehead atoms. The minimum Gasteiger partial charge on any atom is -0.481 e. The topological polar surface area (TPSA) is 161 Å². The third-order valence-corrected chi connectivity index (χ3v) is 8.98. The third kappa shape index (κ3) is 9.00. The molecule has 15 heteroatoms. The van der Waals surface area contributed by atoms with Crippen LogP contribution in [0.15, 0.2) is 54.6 Å². The zero-order valence-corrected chi connectivity index (χ0v) is 30.9. The molecule has 272 valence electrons. The Kier molecular flexibility index (Phi) is 13.8. The number of aromatic nitrogens is 2. The molecule has 4 aromatic rings. The van der Waals surface area contributed by atoms with Crippen LogP contribution >= 0.6 is 38.6 Å². The van der Waals surface area contributed by atoms with Crippen molar-refractivity contribution in [1.29, 1.82) is 0 Å². The second-order valence-corrected chi connectivity index (χ2v) is 12.2. The summed E-state index contributed by atoms with van der Waals surface area (Å²) in [4.78, 5) is 30.8. The average Bonchev–Trinajstić information content (AvgIpc) is 3.70. The average molecular weight is 757 g/mol. The summed E-state index contributed by atoms with van der Waals surface area (Å²) in [7, 11) is 3.03. The van der Waals surface area contributed by atoms with Crippen molar-refractivity contribution < 1.29 is 38.7 Å². The summed E-state index contributed by atoms with van der Waals surface area (Å²) in [5.74, 6) is -0.487. The van der Waals surface area contributed by atoms with Crippen molar-refractivity contribution in [2.75, 3.05) is 27.3 Å². The van der Waals surface area contributed by atoms with Gasteiger partial charge in [0.2, 0.25) is 23.5 Å². The van der Waals surface area contributed by atoms with Crippen LogP contribution < -0.4 is 29.6 Å². The fourth-order valence-corrected chi connectivity index (χ4v) is 6.80. The molecule has 2 heterocycles. The Labute approximate surface area is 314 Å². The first-order valence-corrected chi connectivity index (χ1v) is 16.3. The van der Waals surface area contributed by atoms with E-state index in [1.165, 1.54) is 30.9 Å². The first-order valence-electron chi connectivity index (χ1n) is 15.9. The van der Waals surface area contributed by atoms with E-state index in [-0.39, 0.29) is 64.7 Å². The van der Waals surface area contributed by atoms with Gasteiger partial charge < -0.3 is 39.8 Å². The summed E-state index contributed by atoms with van der Waals surface area (Å²) in [5.41, 5.74) is 8.37. The van der Waals surface area contributed by atoms with Crippen molar-refractivity contribution in [3.63, 3.8) is 0 Å². The zero-order chi connectivity index (χ0) is 34.5. The second kappa shape index (κ2) is 17.8. The van der Waals surface area contributed by atoms with E-state index in [0.29, 0.717) is 34.8 Å². The van der Waals surface area contributed by atoms with Crippen molar-refractivity contribution in [1.82, 2.24) is 20.6 Å². The van der Waals surface area contributed by atoms with Crippen LogP contribution in [0.25, 0.3) is 11.1 Å². The highest BCUT2D eigenvalue weighted by atomic mass is 35.5. The number of fused-ring (bicyclic) bond motifs is 2. The standard InChI is InChI=1S/C36H37ClN4O8.2H2S/c1-46-34-20(16-38-18-32(42)43)9-14-31(40-34)48-29-12-10-24-22(5-3-7-26(24)29)23-6-4-8-27-25(23)11-13-30(27)49-36-28(37)15-21(35(41-36)47-2)17-39-19-33(44)45;;/h3-9,14-15,29-30,38-39H,10-13,16-19H2,1-2H3,(H,42,43)(H,44,45);2*1H2/t29-,30-;;/m0../s1. The molecule has 0 unspecified atom stereocenters. The molecule has 2 aromatic carbocycles. The van der Waals surface area contributed by atoms with Gasteiger partial charge in [-0.1, -0.05) is 48.0 Å². The fourth-order valence-electron chi connectivity index (χ4n) is 6.58. The van der Waals surface area contributed by atoms with Crippen LogP contribution in [0.2, 0.25) is 5.02 Å². The third-order valence-electron chi connectivity index (χ3n) is 8.71. The van der Waals surface area contributed by atoms with E-state index in [0.717, 1.165) is 47.9 Å². The summed E-state index contributed by atoms with van der Waals surface area (Å²) in [6.45, 7) is 0.182. The number of halogens is 1. The van der Waals surface area contributed by atoms with E-state index in [9.17, 15) is 9.59 Å². The molecule has 2 aliphatic rings. The van der Waals surface area contributed by atoms with Crippen LogP contribution in [0.5, 0.6) is 23.5 Å². The van der Waals surface area contributed by atoms with Gasteiger partial charge in [0.1, 0.15) is 17.2 Å². The SMILES string of the molecule is COc1nc(O[C@H]2CCc3c(-c4cccc5c4CC[C@@H]5Oc4nc(OC)c(CNCC(=O)O)cc4Cl)cccc32)ccc1CNCC(=O)O.S.S. The summed E-state index contributed by atoms with van der Waals surface area (Å²) >= 11 is 6.59. The number of rotatable bonds is 15. The molecule has 6 rings (SSSR count). The normalized spacial score (nSPS) is 15.5. The van der Waals surface area contributed by atoms with Gasteiger partial charge in [-0.25, -0.2) is 0 Å². The summed E-state index contributed by atoms with van der Waals surface area (Å²) in [6, 6.07) is 17.9. The molecule has 51 heavy (non-hydrogen) atoms. The lowest BCUT2D eigenvalue weighted by Crippen LogP contribution is -2.22. The molecule has 2 aliphatic carbocycles. The van der Waals surface area contributed by atoms with Crippen LogP contribution in [-0.4, -0.2) is 59.4 Å². The van der Waals surface area contributed by atoms with E-state index in [1.54, 1.807) is 12.1 Å². The molecule has 0 amide bonds. The quantitative estimate of drug-likeness (QED) is 0.120. The molecule has 2 atom stereocenters. The maximum absolute atomic E-state index is 10.9. The fraction of sp³-hybridized carbons (Fsp3) is 0.333. The molecule has 0 fully saturated rings. The van der Waals surface area contributed by atoms with E-state index in [2.05, 4.69) is 50.9 Å². The monoisotopic (exact) mass is 756 g/mol. The van der Waals surface area contributed by atoms with Crippen LogP contribution in [-0.2, 0) is 35.5 Å². The number of hydrogen-bond acceptors (Lipinski definition) is 10. The minimum absolute atomic E-state index is 0. The maximum atomic E-state index is 10.9. The summed E-state index contributed by atoms with van der Waals surface area (Å²) < 4.78 is 23.7. The van der Waals surface area contributed by atoms with E-state index >= 15 is 0 Å². The van der Waals surface area contributed by atoms with Gasteiger partial charge in [-0.15, -0.1) is 0 Å². The largest absolute Gasteiger partial charge is 0.481 e. The van der Waals surface area contributed by atoms with Gasteiger partial charge in [0.15, 0.2) is 0 Å². The lowest BCUT2D eigenvalue weighted by Gasteiger charge is -2.19. The number of carboxylic acid groups (broad SMARTS) is 2. The molecular weight excluding hydrogens is 716 g/mol. The number of carboxylic acids is 2. The van der Waals surface area contributed by atoms with Gasteiger partial charge in [0.25, 0.3) is 0 Å². The number of methoxy groups -OCH3 is 2. The predicted octanol–water partition coefficient (Wildman–Crippen LogP) is 5.52. The van der Waals surface area contributed by atoms with Crippen molar-refractivity contribution in [2.45, 2.75) is 51.0 Å². The van der Waals surface area contributed by atoms with Gasteiger partial charge >= 0.3 is 11.9 Å². The van der Waals surface area contributed by atoms with Gasteiger partial charge in [-0.2, -0.15) is 37.0 Å². The molecular formula is C36H41ClN4O8S2. The Morgan fingerprint density at radius 3 is 1.82 bits per heavy atom. The molecule has 0 spiro atoms. The van der Waals surface area contributed by atoms with Crippen LogP contribution in [0, 0.1) is 0 Å². The van der Waals surface area contributed by atoms with Crippen LogP contribution in [0.3, 0.4) is 0 Å². The zero-order valence-electron chi connectivity index (χ0n) is 28.1. The number of nitrogens with one attached hydrogen (secondary N) is 2. The highest BCUT2D eigenvalue weighted by Crippen LogP contribution is 2.45. The van der Waals surface area contributed by atoms with Crippen molar-refractivity contribution in [3.8, 4) is 34.6 Å². The van der Waals surface area contributed by atoms with E-state index in [4.69, 9.17) is 40.8 Å². The molecule has 0 radical (unpaired) electrons. The highest BCUT2D eigenvalue weighted by molar-refractivity contribution is 7.59. The lowest BCUT2D eigenvalue weighted by molar-refractivity contribution is -0.137. The molecule has 0 saturated heterocycles. The van der Waals surface area contributed by atoms with Gasteiger partial charge in [0.05, 0.1) is 27.3 Å². The Hall–Kier alpha value is -4.21. The number of hydrogen-bond donors (Lipinski definition) is 4. The number of carbonyl (C=O) groups is 2. The van der Waals surface area contributed by atoms with Crippen molar-refractivity contribution in [3.05, 3.63) is 93.0 Å². The lowest BCUT2D eigenvalue weighted by atomic mass is 9.91. The maximum Gasteiger partial charge on any atom is 0.317 e. The Balaban J connectivity index is 0.00000292. The van der Waals surface area contributed by atoms with Crippen LogP contribution in [0.4, 0.5) is 0 Å². The van der Waals surface area contributed by atoms with Crippen molar-refractivity contribution in [2.24, 2.45) is 0 Å². The van der Waals surface area contributed by atoms with E-state index in [1.807, 2.05) is 12.1 Å². The Morgan fingerprint density at radius 2 is 1.27 bits per heavy atom. The molecule has 2 aromatic heterocycles. The smallest absolute Gasteiger partial charge is 0.317 e. The summed E-state index contributed by atoms with van der Waals surface area (Å²) in [6.07, 6.45) is 2.79. The number of ether oxygens (including phenoxy) is 4. The van der Waals surface area contributed by atoms with Crippen LogP contribution in [0.1, 0.15) is 58.4 Å². The number of benzene rings is 2. The molecule has 0 saturated carbocycles.